The van der Waals surface area contributed by atoms with Crippen LogP contribution in [0.4, 0.5) is 0 Å². The Hall–Kier alpha value is -3.28. The Bertz CT molecular complexity index is 1240. The highest BCUT2D eigenvalue weighted by atomic mass is 16.5. The molecule has 3 aromatic rings. The van der Waals surface area contributed by atoms with Gasteiger partial charge in [-0.05, 0) is 68.0 Å². The van der Waals surface area contributed by atoms with Crippen LogP contribution in [0.25, 0.3) is 11.0 Å². The molecule has 1 unspecified atom stereocenters. The fourth-order valence-electron chi connectivity index (χ4n) is 4.11. The van der Waals surface area contributed by atoms with E-state index in [1.165, 1.54) is 0 Å². The van der Waals surface area contributed by atoms with E-state index >= 15 is 0 Å². The predicted octanol–water partition coefficient (Wildman–Crippen LogP) is 5.07. The van der Waals surface area contributed by atoms with Crippen LogP contribution < -0.4 is 20.2 Å². The number of carbonyl (C=O) groups excluding carboxylic acids is 1. The van der Waals surface area contributed by atoms with Crippen LogP contribution in [-0.2, 0) is 0 Å². The smallest absolute Gasteiger partial charge is 0.288 e. The predicted molar refractivity (Wildman–Crippen MR) is 124 cm³/mol. The van der Waals surface area contributed by atoms with Gasteiger partial charge in [0.05, 0.1) is 30.2 Å². The molecule has 2 heterocycles. The minimum atomic E-state index is -0.608. The van der Waals surface area contributed by atoms with Crippen LogP contribution in [0.5, 0.6) is 11.5 Å². The number of benzene rings is 2. The van der Waals surface area contributed by atoms with E-state index in [9.17, 15) is 9.59 Å². The molecule has 0 fully saturated rings. The highest BCUT2D eigenvalue weighted by Crippen LogP contribution is 2.36. The molecule has 0 spiro atoms. The van der Waals surface area contributed by atoms with E-state index in [1.807, 2.05) is 51.1 Å². The van der Waals surface area contributed by atoms with E-state index in [0.717, 1.165) is 23.1 Å². The van der Waals surface area contributed by atoms with Crippen LogP contribution in [0.15, 0.2) is 39.5 Å². The summed E-state index contributed by atoms with van der Waals surface area (Å²) < 4.78 is 17.7. The molecule has 6 heteroatoms. The third-order valence-electron chi connectivity index (χ3n) is 5.68. The van der Waals surface area contributed by atoms with E-state index in [4.69, 9.17) is 13.9 Å². The summed E-state index contributed by atoms with van der Waals surface area (Å²) in [5, 5.41) is 3.39. The molecular weight excluding hydrogens is 406 g/mol. The summed E-state index contributed by atoms with van der Waals surface area (Å²) in [6.07, 6.45) is 0.937. The van der Waals surface area contributed by atoms with E-state index in [0.29, 0.717) is 47.2 Å². The summed E-state index contributed by atoms with van der Waals surface area (Å²) in [7, 11) is 0. The van der Waals surface area contributed by atoms with Gasteiger partial charge in [0.1, 0.15) is 5.58 Å². The molecule has 32 heavy (non-hydrogen) atoms. The molecule has 6 nitrogen and oxygen atoms in total. The van der Waals surface area contributed by atoms with E-state index in [2.05, 4.69) is 19.2 Å². The van der Waals surface area contributed by atoms with E-state index < -0.39 is 6.04 Å². The van der Waals surface area contributed by atoms with Gasteiger partial charge in [0.25, 0.3) is 5.91 Å². The third kappa shape index (κ3) is 3.97. The zero-order valence-corrected chi connectivity index (χ0v) is 19.2. The van der Waals surface area contributed by atoms with Crippen molar-refractivity contribution in [1.29, 1.82) is 0 Å². The Kier molecular flexibility index (Phi) is 5.96. The zero-order chi connectivity index (χ0) is 23.0. The second-order valence-electron chi connectivity index (χ2n) is 8.71. The quantitative estimate of drug-likeness (QED) is 0.561. The minimum absolute atomic E-state index is 0.0784. The summed E-state index contributed by atoms with van der Waals surface area (Å²) in [5.74, 6) is 1.47. The molecule has 1 aliphatic rings. The van der Waals surface area contributed by atoms with Crippen molar-refractivity contribution in [2.75, 3.05) is 13.2 Å². The highest BCUT2D eigenvalue weighted by Gasteiger charge is 2.36. The molecule has 1 aliphatic heterocycles. The fourth-order valence-corrected chi connectivity index (χ4v) is 4.11. The number of hydrogen-bond acceptors (Lipinski definition) is 5. The summed E-state index contributed by atoms with van der Waals surface area (Å²) in [5.41, 5.74) is 3.15. The second-order valence-corrected chi connectivity index (χ2v) is 8.71. The number of rotatable bonds is 7. The van der Waals surface area contributed by atoms with Crippen molar-refractivity contribution in [2.24, 2.45) is 5.92 Å². The first kappa shape index (κ1) is 21.9. The monoisotopic (exact) mass is 435 g/mol. The van der Waals surface area contributed by atoms with E-state index in [-0.39, 0.29) is 17.1 Å². The van der Waals surface area contributed by atoms with Gasteiger partial charge in [0.2, 0.25) is 5.76 Å². The maximum absolute atomic E-state index is 13.4. The molecular formula is C26H29NO5. The van der Waals surface area contributed by atoms with Crippen molar-refractivity contribution in [2.45, 2.75) is 47.1 Å². The van der Waals surface area contributed by atoms with E-state index in [1.54, 1.807) is 0 Å². The first-order valence-corrected chi connectivity index (χ1v) is 11.1. The first-order chi connectivity index (χ1) is 15.3. The summed E-state index contributed by atoms with van der Waals surface area (Å²) in [6, 6.07) is 8.67. The molecule has 168 valence electrons. The fraction of sp³-hybridized carbons (Fsp3) is 0.385. The maximum atomic E-state index is 13.4. The lowest BCUT2D eigenvalue weighted by atomic mass is 9.97. The largest absolute Gasteiger partial charge is 0.490 e. The topological polar surface area (TPSA) is 77.8 Å². The van der Waals surface area contributed by atoms with Gasteiger partial charge >= 0.3 is 0 Å². The van der Waals surface area contributed by atoms with Crippen LogP contribution >= 0.6 is 0 Å². The molecule has 0 bridgehead atoms. The van der Waals surface area contributed by atoms with Crippen molar-refractivity contribution < 1.29 is 18.7 Å². The second kappa shape index (κ2) is 8.69. The number of hydrogen-bond donors (Lipinski definition) is 1. The molecule has 1 N–H and O–H groups in total. The normalized spacial score (nSPS) is 15.2. The van der Waals surface area contributed by atoms with Crippen molar-refractivity contribution in [3.8, 4) is 11.5 Å². The lowest BCUT2D eigenvalue weighted by Crippen LogP contribution is -2.22. The molecule has 0 saturated carbocycles. The summed E-state index contributed by atoms with van der Waals surface area (Å²) in [6.45, 7) is 11.1. The Morgan fingerprint density at radius 3 is 2.56 bits per heavy atom. The zero-order valence-electron chi connectivity index (χ0n) is 19.2. The van der Waals surface area contributed by atoms with Crippen molar-refractivity contribution in [1.82, 2.24) is 5.32 Å². The SMILES string of the molecule is CCOc1cc(C2NC(=O)c3oc4c(C)cc(C)cc4c(=O)c32)ccc1OCCC(C)C. The molecule has 0 radical (unpaired) electrons. The van der Waals surface area contributed by atoms with Crippen LogP contribution in [0.1, 0.15) is 66.0 Å². The minimum Gasteiger partial charge on any atom is -0.490 e. The molecule has 1 atom stereocenters. The Balaban J connectivity index is 1.78. The van der Waals surface area contributed by atoms with Gasteiger partial charge in [0, 0.05) is 0 Å². The van der Waals surface area contributed by atoms with Crippen LogP contribution in [0, 0.1) is 19.8 Å². The molecule has 0 saturated heterocycles. The number of ether oxygens (including phenoxy) is 2. The first-order valence-electron chi connectivity index (χ1n) is 11.1. The van der Waals surface area contributed by atoms with Crippen molar-refractivity contribution in [3.05, 3.63) is 68.6 Å². The van der Waals surface area contributed by atoms with Gasteiger partial charge in [-0.2, -0.15) is 0 Å². The van der Waals surface area contributed by atoms with Gasteiger partial charge in [-0.1, -0.05) is 26.0 Å². The maximum Gasteiger partial charge on any atom is 0.288 e. The Morgan fingerprint density at radius 2 is 1.84 bits per heavy atom. The Morgan fingerprint density at radius 1 is 1.06 bits per heavy atom. The number of nitrogens with one attached hydrogen (secondary N) is 1. The highest BCUT2D eigenvalue weighted by molar-refractivity contribution is 5.99. The van der Waals surface area contributed by atoms with Crippen molar-refractivity contribution in [3.63, 3.8) is 0 Å². The van der Waals surface area contributed by atoms with Gasteiger partial charge < -0.3 is 19.2 Å². The molecule has 1 aromatic heterocycles. The molecule has 0 aliphatic carbocycles. The number of fused-ring (bicyclic) bond motifs is 2. The number of carbonyl (C=O) groups is 1. The molecule has 2 aromatic carbocycles. The number of aryl methyl sites for hydroxylation is 2. The van der Waals surface area contributed by atoms with Gasteiger partial charge in [0.15, 0.2) is 16.9 Å². The summed E-state index contributed by atoms with van der Waals surface area (Å²) >= 11 is 0. The van der Waals surface area contributed by atoms with Gasteiger partial charge in [-0.15, -0.1) is 0 Å². The average Bonchev–Trinajstić information content (AvgIpc) is 3.07. The summed E-state index contributed by atoms with van der Waals surface area (Å²) in [4.78, 5) is 26.1. The van der Waals surface area contributed by atoms with Crippen LogP contribution in [0.2, 0.25) is 0 Å². The number of amides is 1. The third-order valence-corrected chi connectivity index (χ3v) is 5.68. The molecule has 1 amide bonds. The molecule has 4 rings (SSSR count). The Labute approximate surface area is 187 Å². The average molecular weight is 436 g/mol. The van der Waals surface area contributed by atoms with Crippen molar-refractivity contribution >= 4 is 16.9 Å². The lowest BCUT2D eigenvalue weighted by molar-refractivity contribution is 0.0938. The van der Waals surface area contributed by atoms with Crippen LogP contribution in [-0.4, -0.2) is 19.1 Å². The lowest BCUT2D eigenvalue weighted by Gasteiger charge is -2.17. The van der Waals surface area contributed by atoms with Crippen LogP contribution in [0.3, 0.4) is 0 Å². The van der Waals surface area contributed by atoms with Gasteiger partial charge in [-0.3, -0.25) is 9.59 Å². The standard InChI is InChI=1S/C26H29NO5/c1-6-30-20-13-17(7-8-19(20)31-10-9-14(2)3)22-21-23(28)18-12-15(4)11-16(5)24(18)32-25(21)26(29)27-22/h7-8,11-14,22H,6,9-10H2,1-5H3,(H,27,29). The van der Waals surface area contributed by atoms with Gasteiger partial charge in [-0.25, -0.2) is 0 Å².